The van der Waals surface area contributed by atoms with E-state index in [1.54, 1.807) is 24.4 Å². The Hall–Kier alpha value is -2.55. The molecule has 1 aromatic carbocycles. The summed E-state index contributed by atoms with van der Waals surface area (Å²) in [6, 6.07) is 5.28. The normalized spacial score (nSPS) is 16.8. The summed E-state index contributed by atoms with van der Waals surface area (Å²) in [5.74, 6) is 0.128. The van der Waals surface area contributed by atoms with Crippen LogP contribution in [-0.4, -0.2) is 44.6 Å². The maximum absolute atomic E-state index is 11.7. The third kappa shape index (κ3) is 4.34. The first-order valence-electron chi connectivity index (χ1n) is 8.06. The van der Waals surface area contributed by atoms with Crippen LogP contribution in [0.3, 0.4) is 0 Å². The number of hydrogen-bond donors (Lipinski definition) is 3. The molecule has 0 radical (unpaired) electrons. The Morgan fingerprint density at radius 1 is 1.35 bits per heavy atom. The lowest BCUT2D eigenvalue weighted by Gasteiger charge is -2.15. The van der Waals surface area contributed by atoms with Crippen LogP contribution >= 0.6 is 11.6 Å². The number of aromatic amines is 1. The van der Waals surface area contributed by atoms with E-state index in [4.69, 9.17) is 27.2 Å². The predicted octanol–water partition coefficient (Wildman–Crippen LogP) is 1.77. The molecule has 1 fully saturated rings. The van der Waals surface area contributed by atoms with Gasteiger partial charge >= 0.3 is 0 Å². The van der Waals surface area contributed by atoms with Crippen molar-refractivity contribution >= 4 is 28.3 Å². The molecule has 2 aromatic heterocycles. The second kappa shape index (κ2) is 8.22. The van der Waals surface area contributed by atoms with Gasteiger partial charge in [-0.15, -0.1) is 0 Å². The number of halogens is 1. The average Bonchev–Trinajstić information content (AvgIpc) is 2.65. The number of nitrogens with one attached hydrogen (secondary N) is 1. The topological polar surface area (TPSA) is 127 Å². The third-order valence-electron chi connectivity index (χ3n) is 3.84. The van der Waals surface area contributed by atoms with Gasteiger partial charge in [0.05, 0.1) is 41.2 Å². The molecule has 26 heavy (non-hydrogen) atoms. The zero-order valence-electron chi connectivity index (χ0n) is 13.9. The van der Waals surface area contributed by atoms with Gasteiger partial charge in [-0.25, -0.2) is 15.1 Å². The molecule has 0 bridgehead atoms. The van der Waals surface area contributed by atoms with E-state index in [9.17, 15) is 4.79 Å². The van der Waals surface area contributed by atoms with E-state index in [1.807, 2.05) is 0 Å². The average molecular weight is 376 g/mol. The molecule has 9 heteroatoms. The highest BCUT2D eigenvalue weighted by Crippen LogP contribution is 2.27. The molecule has 3 aromatic rings. The fourth-order valence-corrected chi connectivity index (χ4v) is 2.74. The molecule has 136 valence electrons. The number of aliphatic hydroxyl groups is 1. The number of anilines is 1. The summed E-state index contributed by atoms with van der Waals surface area (Å²) in [5, 5.41) is 16.5. The van der Waals surface area contributed by atoms with Crippen LogP contribution < -0.4 is 11.3 Å². The number of H-pyrrole nitrogens is 1. The Bertz CT molecular complexity index is 957. The summed E-state index contributed by atoms with van der Waals surface area (Å²) in [4.78, 5) is 19.6. The minimum Gasteiger partial charge on any atom is -0.391 e. The molecule has 1 saturated heterocycles. The van der Waals surface area contributed by atoms with Gasteiger partial charge in [0.25, 0.3) is 5.56 Å². The van der Waals surface area contributed by atoms with Crippen LogP contribution in [0.4, 0.5) is 5.95 Å². The molecule has 0 saturated carbocycles. The van der Waals surface area contributed by atoms with Gasteiger partial charge in [-0.05, 0) is 18.9 Å². The molecule has 1 aliphatic rings. The van der Waals surface area contributed by atoms with Gasteiger partial charge in [0.15, 0.2) is 0 Å². The molecule has 4 N–H and O–H groups in total. The zero-order valence-corrected chi connectivity index (χ0v) is 14.6. The Morgan fingerprint density at radius 2 is 2.19 bits per heavy atom. The number of benzene rings is 1. The van der Waals surface area contributed by atoms with Crippen LogP contribution in [-0.2, 0) is 4.74 Å². The van der Waals surface area contributed by atoms with Gasteiger partial charge in [-0.1, -0.05) is 23.7 Å². The van der Waals surface area contributed by atoms with Gasteiger partial charge in [-0.2, -0.15) is 5.10 Å². The largest absolute Gasteiger partial charge is 0.391 e. The van der Waals surface area contributed by atoms with E-state index in [0.717, 1.165) is 24.8 Å². The molecule has 8 nitrogen and oxygen atoms in total. The third-order valence-corrected chi connectivity index (χ3v) is 4.12. The highest BCUT2D eigenvalue weighted by Gasteiger charge is 2.09. The molecular weight excluding hydrogens is 358 g/mol. The highest BCUT2D eigenvalue weighted by atomic mass is 35.5. The zero-order chi connectivity index (χ0) is 18.5. The van der Waals surface area contributed by atoms with Crippen molar-refractivity contribution in [3.05, 3.63) is 46.0 Å². The first-order valence-corrected chi connectivity index (χ1v) is 8.44. The van der Waals surface area contributed by atoms with Crippen molar-refractivity contribution in [1.29, 1.82) is 0 Å². The molecule has 4 rings (SSSR count). The SMILES string of the molecule is Nc1ncc(Cl)c(-c2ccc3cn[nH]c(=O)c3c2)n1.OC1CCCOC1. The maximum Gasteiger partial charge on any atom is 0.272 e. The van der Waals surface area contributed by atoms with Gasteiger partial charge in [0, 0.05) is 17.6 Å². The van der Waals surface area contributed by atoms with Gasteiger partial charge in [-0.3, -0.25) is 4.79 Å². The molecule has 3 heterocycles. The van der Waals surface area contributed by atoms with E-state index in [1.165, 1.54) is 6.20 Å². The van der Waals surface area contributed by atoms with Crippen LogP contribution in [0.25, 0.3) is 22.0 Å². The van der Waals surface area contributed by atoms with Gasteiger partial charge in [0.1, 0.15) is 0 Å². The number of ether oxygens (including phenoxy) is 1. The van der Waals surface area contributed by atoms with Crippen molar-refractivity contribution in [2.24, 2.45) is 0 Å². The summed E-state index contributed by atoms with van der Waals surface area (Å²) in [6.45, 7) is 1.37. The molecule has 1 atom stereocenters. The molecular formula is C17H18ClN5O3. The standard InChI is InChI=1S/C12H8ClN5O.C5H10O2/c13-9-5-15-12(14)17-10(9)6-1-2-7-4-16-18-11(19)8(7)3-6;6-5-2-1-3-7-4-5/h1-5H,(H,18,19)(H2,14,15,17);5-6H,1-4H2. The van der Waals surface area contributed by atoms with Crippen molar-refractivity contribution in [2.45, 2.75) is 18.9 Å². The Kier molecular flexibility index (Phi) is 5.77. The molecule has 0 amide bonds. The van der Waals surface area contributed by atoms with Crippen LogP contribution in [0.2, 0.25) is 5.02 Å². The highest BCUT2D eigenvalue weighted by molar-refractivity contribution is 6.33. The van der Waals surface area contributed by atoms with E-state index in [0.29, 0.717) is 28.3 Å². The van der Waals surface area contributed by atoms with Crippen LogP contribution in [0.5, 0.6) is 0 Å². The smallest absolute Gasteiger partial charge is 0.272 e. The molecule has 0 spiro atoms. The van der Waals surface area contributed by atoms with E-state index in [-0.39, 0.29) is 17.6 Å². The molecule has 1 unspecified atom stereocenters. The Labute approximate surface area is 154 Å². The van der Waals surface area contributed by atoms with Gasteiger partial charge < -0.3 is 15.6 Å². The van der Waals surface area contributed by atoms with Crippen molar-refractivity contribution in [3.8, 4) is 11.3 Å². The number of nitrogens with zero attached hydrogens (tertiary/aromatic N) is 3. The van der Waals surface area contributed by atoms with E-state index in [2.05, 4.69) is 20.2 Å². The summed E-state index contributed by atoms with van der Waals surface area (Å²) < 4.78 is 4.93. The minimum absolute atomic E-state index is 0.128. The first-order chi connectivity index (χ1) is 12.5. The summed E-state index contributed by atoms with van der Waals surface area (Å²) >= 11 is 6.04. The fourth-order valence-electron chi connectivity index (χ4n) is 2.54. The van der Waals surface area contributed by atoms with Gasteiger partial charge in [0.2, 0.25) is 5.95 Å². The van der Waals surface area contributed by atoms with Crippen molar-refractivity contribution in [3.63, 3.8) is 0 Å². The van der Waals surface area contributed by atoms with Crippen LogP contribution in [0.1, 0.15) is 12.8 Å². The van der Waals surface area contributed by atoms with Crippen molar-refractivity contribution < 1.29 is 9.84 Å². The van der Waals surface area contributed by atoms with Crippen LogP contribution in [0.15, 0.2) is 35.4 Å². The summed E-state index contributed by atoms with van der Waals surface area (Å²) in [6.07, 6.45) is 4.76. The van der Waals surface area contributed by atoms with E-state index >= 15 is 0 Å². The first kappa shape index (κ1) is 18.2. The molecule has 1 aliphatic heterocycles. The lowest BCUT2D eigenvalue weighted by molar-refractivity contribution is -0.00535. The minimum atomic E-state index is -0.266. The Morgan fingerprint density at radius 3 is 2.88 bits per heavy atom. The summed E-state index contributed by atoms with van der Waals surface area (Å²) in [5.41, 5.74) is 6.47. The quantitative estimate of drug-likeness (QED) is 0.591. The second-order valence-electron chi connectivity index (χ2n) is 5.80. The van der Waals surface area contributed by atoms with Crippen molar-refractivity contribution in [1.82, 2.24) is 20.2 Å². The number of nitrogens with two attached hydrogens (primary N) is 1. The monoisotopic (exact) mass is 375 g/mol. The number of rotatable bonds is 1. The molecule has 0 aliphatic carbocycles. The lowest BCUT2D eigenvalue weighted by atomic mass is 10.1. The lowest BCUT2D eigenvalue weighted by Crippen LogP contribution is -2.21. The summed E-state index contributed by atoms with van der Waals surface area (Å²) in [7, 11) is 0. The maximum atomic E-state index is 11.7. The Balaban J connectivity index is 0.000000236. The number of aromatic nitrogens is 4. The van der Waals surface area contributed by atoms with E-state index < -0.39 is 0 Å². The number of fused-ring (bicyclic) bond motifs is 1. The predicted molar refractivity (Wildman–Crippen MR) is 98.9 cm³/mol. The number of nitrogen functional groups attached to an aromatic ring is 1. The second-order valence-corrected chi connectivity index (χ2v) is 6.20. The fraction of sp³-hybridized carbons (Fsp3) is 0.294. The van der Waals surface area contributed by atoms with Crippen molar-refractivity contribution in [2.75, 3.05) is 18.9 Å². The number of aliphatic hydroxyl groups excluding tert-OH is 1. The van der Waals surface area contributed by atoms with Crippen LogP contribution in [0, 0.1) is 0 Å². The number of hydrogen-bond acceptors (Lipinski definition) is 7.